The van der Waals surface area contributed by atoms with Gasteiger partial charge in [-0.3, -0.25) is 0 Å². The number of rotatable bonds is 5. The second-order valence-corrected chi connectivity index (χ2v) is 6.82. The molecule has 0 aliphatic carbocycles. The molecule has 0 spiro atoms. The number of hydrogen-bond donors (Lipinski definition) is 1. The summed E-state index contributed by atoms with van der Waals surface area (Å²) in [6, 6.07) is 8.76. The van der Waals surface area contributed by atoms with E-state index in [-0.39, 0.29) is 5.82 Å². The van der Waals surface area contributed by atoms with Gasteiger partial charge < -0.3 is 19.9 Å². The van der Waals surface area contributed by atoms with Crippen LogP contribution in [0.3, 0.4) is 0 Å². The zero-order valence-corrected chi connectivity index (χ0v) is 14.8. The summed E-state index contributed by atoms with van der Waals surface area (Å²) in [5, 5.41) is 3.45. The molecule has 3 heterocycles. The fourth-order valence-corrected chi connectivity index (χ4v) is 3.54. The number of ether oxygens (including phenoxy) is 1. The van der Waals surface area contributed by atoms with Crippen molar-refractivity contribution in [3.8, 4) is 0 Å². The maximum absolute atomic E-state index is 13.1. The van der Waals surface area contributed by atoms with Crippen molar-refractivity contribution in [1.29, 1.82) is 0 Å². The molecule has 0 radical (unpaired) electrons. The highest BCUT2D eigenvalue weighted by Gasteiger charge is 2.23. The molecule has 1 atom stereocenters. The smallest absolute Gasteiger partial charge is 0.134 e. The number of anilines is 3. The van der Waals surface area contributed by atoms with Gasteiger partial charge in [0.25, 0.3) is 0 Å². The Balaban J connectivity index is 1.31. The number of hydrogen-bond acceptors (Lipinski definition) is 6. The molecule has 2 fully saturated rings. The molecule has 0 saturated carbocycles. The summed E-state index contributed by atoms with van der Waals surface area (Å²) in [7, 11) is 0. The summed E-state index contributed by atoms with van der Waals surface area (Å²) in [5.74, 6) is 2.17. The average molecular weight is 357 g/mol. The first-order valence-electron chi connectivity index (χ1n) is 9.17. The number of nitrogens with zero attached hydrogens (tertiary/aromatic N) is 4. The average Bonchev–Trinajstić information content (AvgIpc) is 3.17. The molecular formula is C19H24FN5O. The minimum atomic E-state index is -0.189. The maximum atomic E-state index is 13.1. The highest BCUT2D eigenvalue weighted by Crippen LogP contribution is 2.24. The van der Waals surface area contributed by atoms with Crippen LogP contribution in [0.1, 0.15) is 6.42 Å². The Morgan fingerprint density at radius 2 is 1.88 bits per heavy atom. The Morgan fingerprint density at radius 3 is 2.69 bits per heavy atom. The van der Waals surface area contributed by atoms with E-state index in [0.717, 1.165) is 69.7 Å². The Morgan fingerprint density at radius 1 is 1.08 bits per heavy atom. The van der Waals surface area contributed by atoms with Gasteiger partial charge in [0.15, 0.2) is 0 Å². The molecule has 7 heteroatoms. The van der Waals surface area contributed by atoms with E-state index < -0.39 is 0 Å². The molecule has 1 aromatic carbocycles. The molecule has 1 N–H and O–H groups in total. The van der Waals surface area contributed by atoms with Crippen LogP contribution in [0.5, 0.6) is 0 Å². The van der Waals surface area contributed by atoms with E-state index in [4.69, 9.17) is 4.74 Å². The van der Waals surface area contributed by atoms with Gasteiger partial charge in [-0.05, 0) is 36.6 Å². The van der Waals surface area contributed by atoms with Crippen molar-refractivity contribution in [3.63, 3.8) is 0 Å². The maximum Gasteiger partial charge on any atom is 0.134 e. The largest absolute Gasteiger partial charge is 0.378 e. The molecule has 0 bridgehead atoms. The normalized spacial score (nSPS) is 20.4. The Labute approximate surface area is 153 Å². The zero-order valence-electron chi connectivity index (χ0n) is 14.8. The summed E-state index contributed by atoms with van der Waals surface area (Å²) >= 11 is 0. The van der Waals surface area contributed by atoms with Crippen LogP contribution in [0.2, 0.25) is 0 Å². The predicted molar refractivity (Wildman–Crippen MR) is 100 cm³/mol. The topological polar surface area (TPSA) is 53.5 Å². The lowest BCUT2D eigenvalue weighted by molar-refractivity contribution is 0.122. The number of halogens is 1. The Hall–Kier alpha value is -2.41. The van der Waals surface area contributed by atoms with Gasteiger partial charge in [-0.1, -0.05) is 0 Å². The van der Waals surface area contributed by atoms with E-state index in [1.807, 2.05) is 18.2 Å². The fourth-order valence-electron chi connectivity index (χ4n) is 3.54. The fraction of sp³-hybridized carbons (Fsp3) is 0.474. The molecule has 2 aliphatic rings. The molecular weight excluding hydrogens is 333 g/mol. The molecule has 1 unspecified atom stereocenters. The minimum Gasteiger partial charge on any atom is -0.378 e. The monoisotopic (exact) mass is 357 g/mol. The van der Waals surface area contributed by atoms with Gasteiger partial charge >= 0.3 is 0 Å². The molecule has 26 heavy (non-hydrogen) atoms. The summed E-state index contributed by atoms with van der Waals surface area (Å²) < 4.78 is 18.5. The van der Waals surface area contributed by atoms with E-state index in [1.54, 1.807) is 6.33 Å². The van der Waals surface area contributed by atoms with Gasteiger partial charge in [0.05, 0.1) is 13.2 Å². The lowest BCUT2D eigenvalue weighted by Gasteiger charge is -2.27. The van der Waals surface area contributed by atoms with Crippen molar-refractivity contribution in [2.45, 2.75) is 6.42 Å². The van der Waals surface area contributed by atoms with Crippen molar-refractivity contribution >= 4 is 17.3 Å². The molecule has 6 nitrogen and oxygen atoms in total. The summed E-state index contributed by atoms with van der Waals surface area (Å²) in [4.78, 5) is 13.3. The lowest BCUT2D eigenvalue weighted by atomic mass is 10.1. The highest BCUT2D eigenvalue weighted by molar-refractivity contribution is 5.49. The van der Waals surface area contributed by atoms with Crippen molar-refractivity contribution < 1.29 is 9.13 Å². The summed E-state index contributed by atoms with van der Waals surface area (Å²) in [6.45, 7) is 6.07. The van der Waals surface area contributed by atoms with Gasteiger partial charge in [0.2, 0.25) is 0 Å². The molecule has 2 aliphatic heterocycles. The van der Waals surface area contributed by atoms with E-state index in [2.05, 4.69) is 25.1 Å². The van der Waals surface area contributed by atoms with Crippen molar-refractivity contribution in [2.75, 3.05) is 61.1 Å². The van der Waals surface area contributed by atoms with Gasteiger partial charge in [0.1, 0.15) is 23.8 Å². The third-order valence-corrected chi connectivity index (χ3v) is 5.04. The molecule has 2 aromatic rings. The van der Waals surface area contributed by atoms with Crippen LogP contribution in [0.15, 0.2) is 36.7 Å². The first-order valence-corrected chi connectivity index (χ1v) is 9.17. The van der Waals surface area contributed by atoms with Crippen LogP contribution in [0.25, 0.3) is 0 Å². The van der Waals surface area contributed by atoms with Crippen LogP contribution < -0.4 is 15.1 Å². The molecule has 138 valence electrons. The van der Waals surface area contributed by atoms with Crippen molar-refractivity contribution in [2.24, 2.45) is 5.92 Å². The van der Waals surface area contributed by atoms with Crippen molar-refractivity contribution in [1.82, 2.24) is 9.97 Å². The highest BCUT2D eigenvalue weighted by atomic mass is 19.1. The van der Waals surface area contributed by atoms with Gasteiger partial charge in [-0.25, -0.2) is 14.4 Å². The summed E-state index contributed by atoms with van der Waals surface area (Å²) in [6.07, 6.45) is 2.73. The second kappa shape index (κ2) is 7.86. The quantitative estimate of drug-likeness (QED) is 0.887. The second-order valence-electron chi connectivity index (χ2n) is 6.82. The summed E-state index contributed by atoms with van der Waals surface area (Å²) in [5.41, 5.74) is 1.09. The van der Waals surface area contributed by atoms with E-state index >= 15 is 0 Å². The number of aromatic nitrogens is 2. The zero-order chi connectivity index (χ0) is 17.8. The van der Waals surface area contributed by atoms with Gasteiger partial charge in [-0.15, -0.1) is 0 Å². The van der Waals surface area contributed by atoms with E-state index in [1.165, 1.54) is 12.1 Å². The Kier molecular flexibility index (Phi) is 5.15. The van der Waals surface area contributed by atoms with Gasteiger partial charge in [-0.2, -0.15) is 0 Å². The third kappa shape index (κ3) is 4.04. The standard InChI is InChI=1S/C19H24FN5O/c20-16-1-3-17(4-2-16)25-6-5-15(13-25)12-21-18-11-19(23-14-22-18)24-7-9-26-10-8-24/h1-4,11,14-15H,5-10,12-13H2,(H,21,22,23). The first kappa shape index (κ1) is 17.0. The Bertz CT molecular complexity index is 720. The van der Waals surface area contributed by atoms with Crippen LogP contribution >= 0.6 is 0 Å². The van der Waals surface area contributed by atoms with Crippen LogP contribution in [-0.4, -0.2) is 55.9 Å². The van der Waals surface area contributed by atoms with Crippen molar-refractivity contribution in [3.05, 3.63) is 42.5 Å². The van der Waals surface area contributed by atoms with Crippen LogP contribution in [0, 0.1) is 11.7 Å². The first-order chi connectivity index (χ1) is 12.8. The van der Waals surface area contributed by atoms with Crippen LogP contribution in [0.4, 0.5) is 21.7 Å². The third-order valence-electron chi connectivity index (χ3n) is 5.04. The molecule has 0 amide bonds. The van der Waals surface area contributed by atoms with Crippen LogP contribution in [-0.2, 0) is 4.74 Å². The molecule has 1 aromatic heterocycles. The predicted octanol–water partition coefficient (Wildman–Crippen LogP) is 2.39. The van der Waals surface area contributed by atoms with E-state index in [9.17, 15) is 4.39 Å². The van der Waals surface area contributed by atoms with Gasteiger partial charge in [0, 0.05) is 44.5 Å². The molecule has 2 saturated heterocycles. The number of morpholine rings is 1. The SMILES string of the molecule is Fc1ccc(N2CCC(CNc3cc(N4CCOCC4)ncn3)C2)cc1. The van der Waals surface area contributed by atoms with E-state index in [0.29, 0.717) is 5.92 Å². The lowest BCUT2D eigenvalue weighted by Crippen LogP contribution is -2.36. The number of benzene rings is 1. The minimum absolute atomic E-state index is 0.189. The molecule has 4 rings (SSSR count). The number of nitrogens with one attached hydrogen (secondary N) is 1.